The summed E-state index contributed by atoms with van der Waals surface area (Å²) in [6.07, 6.45) is 3.08. The number of hydrogen-bond donors (Lipinski definition) is 1. The van der Waals surface area contributed by atoms with E-state index in [0.717, 1.165) is 31.0 Å². The highest BCUT2D eigenvalue weighted by atomic mass is 15.3. The summed E-state index contributed by atoms with van der Waals surface area (Å²) in [4.78, 5) is 9.37. The molecular formula is C19H26N4. The van der Waals surface area contributed by atoms with Crippen molar-refractivity contribution in [1.29, 1.82) is 0 Å². The molecule has 2 heterocycles. The first-order valence-electron chi connectivity index (χ1n) is 8.56. The maximum absolute atomic E-state index is 4.33. The predicted molar refractivity (Wildman–Crippen MR) is 96.9 cm³/mol. The molecule has 3 rings (SSSR count). The van der Waals surface area contributed by atoms with Gasteiger partial charge in [0.1, 0.15) is 0 Å². The summed E-state index contributed by atoms with van der Waals surface area (Å²) >= 11 is 0. The number of anilines is 2. The molecule has 1 N–H and O–H groups in total. The minimum absolute atomic E-state index is 0.760. The van der Waals surface area contributed by atoms with Gasteiger partial charge in [-0.15, -0.1) is 0 Å². The first-order chi connectivity index (χ1) is 11.3. The average molecular weight is 310 g/mol. The van der Waals surface area contributed by atoms with Crippen LogP contribution >= 0.6 is 0 Å². The summed E-state index contributed by atoms with van der Waals surface area (Å²) in [5, 5.41) is 3.43. The molecule has 1 aliphatic heterocycles. The van der Waals surface area contributed by atoms with Crippen LogP contribution in [0.2, 0.25) is 0 Å². The summed E-state index contributed by atoms with van der Waals surface area (Å²) < 4.78 is 0. The molecule has 0 aliphatic carbocycles. The summed E-state index contributed by atoms with van der Waals surface area (Å²) in [5.74, 6) is 0. The number of nitrogens with one attached hydrogen (secondary N) is 1. The largest absolute Gasteiger partial charge is 0.379 e. The fourth-order valence-corrected chi connectivity index (χ4v) is 3.03. The Morgan fingerprint density at radius 3 is 2.43 bits per heavy atom. The van der Waals surface area contributed by atoms with E-state index < -0.39 is 0 Å². The SMILES string of the molecule is CCCN1CCN(c2ccc(NCc3ccccn3)cc2)CC1. The first kappa shape index (κ1) is 15.8. The van der Waals surface area contributed by atoms with E-state index >= 15 is 0 Å². The maximum Gasteiger partial charge on any atom is 0.0594 e. The third kappa shape index (κ3) is 4.45. The molecule has 122 valence electrons. The standard InChI is InChI=1S/C19H26N4/c1-2-11-22-12-14-23(15-13-22)19-8-6-17(7-9-19)21-16-18-5-3-4-10-20-18/h3-10,21H,2,11-16H2,1H3. The van der Waals surface area contributed by atoms with Crippen LogP contribution in [0.4, 0.5) is 11.4 Å². The van der Waals surface area contributed by atoms with Crippen molar-refractivity contribution in [3.63, 3.8) is 0 Å². The first-order valence-corrected chi connectivity index (χ1v) is 8.56. The molecule has 1 saturated heterocycles. The Morgan fingerprint density at radius 1 is 1.00 bits per heavy atom. The molecule has 1 fully saturated rings. The fraction of sp³-hybridized carbons (Fsp3) is 0.421. The molecule has 1 aliphatic rings. The van der Waals surface area contributed by atoms with Crippen LogP contribution in [0.15, 0.2) is 48.7 Å². The number of nitrogens with zero attached hydrogens (tertiary/aromatic N) is 3. The van der Waals surface area contributed by atoms with E-state index in [2.05, 4.69) is 51.3 Å². The molecule has 0 unspecified atom stereocenters. The molecule has 0 bridgehead atoms. The van der Waals surface area contributed by atoms with Gasteiger partial charge in [0.15, 0.2) is 0 Å². The van der Waals surface area contributed by atoms with Gasteiger partial charge in [-0.05, 0) is 49.4 Å². The van der Waals surface area contributed by atoms with Crippen molar-refractivity contribution in [2.75, 3.05) is 42.9 Å². The van der Waals surface area contributed by atoms with Crippen LogP contribution in [0, 0.1) is 0 Å². The minimum Gasteiger partial charge on any atom is -0.379 e. The van der Waals surface area contributed by atoms with Gasteiger partial charge in [0.25, 0.3) is 0 Å². The second kappa shape index (κ2) is 7.97. The van der Waals surface area contributed by atoms with Gasteiger partial charge in [-0.25, -0.2) is 0 Å². The normalized spacial score (nSPS) is 15.6. The van der Waals surface area contributed by atoms with Crippen molar-refractivity contribution in [1.82, 2.24) is 9.88 Å². The molecule has 1 aromatic carbocycles. The van der Waals surface area contributed by atoms with Crippen LogP contribution in [0.5, 0.6) is 0 Å². The molecule has 4 heteroatoms. The molecule has 0 amide bonds. The highest BCUT2D eigenvalue weighted by molar-refractivity contribution is 5.55. The fourth-order valence-electron chi connectivity index (χ4n) is 3.03. The number of pyridine rings is 1. The van der Waals surface area contributed by atoms with Gasteiger partial charge in [0.2, 0.25) is 0 Å². The second-order valence-electron chi connectivity index (χ2n) is 6.05. The number of rotatable bonds is 6. The van der Waals surface area contributed by atoms with Crippen molar-refractivity contribution in [3.05, 3.63) is 54.4 Å². The van der Waals surface area contributed by atoms with Gasteiger partial charge in [-0.3, -0.25) is 9.88 Å². The van der Waals surface area contributed by atoms with Crippen LogP contribution in [-0.2, 0) is 6.54 Å². The molecule has 0 atom stereocenters. The van der Waals surface area contributed by atoms with E-state index in [1.165, 1.54) is 31.7 Å². The van der Waals surface area contributed by atoms with Gasteiger partial charge in [-0.2, -0.15) is 0 Å². The summed E-state index contributed by atoms with van der Waals surface area (Å²) in [6, 6.07) is 14.8. The zero-order valence-corrected chi connectivity index (χ0v) is 13.9. The highest BCUT2D eigenvalue weighted by Crippen LogP contribution is 2.20. The lowest BCUT2D eigenvalue weighted by molar-refractivity contribution is 0.258. The number of hydrogen-bond acceptors (Lipinski definition) is 4. The minimum atomic E-state index is 0.760. The molecule has 2 aromatic rings. The van der Waals surface area contributed by atoms with E-state index in [-0.39, 0.29) is 0 Å². The Bertz CT molecular complexity index is 574. The Morgan fingerprint density at radius 2 is 1.78 bits per heavy atom. The highest BCUT2D eigenvalue weighted by Gasteiger charge is 2.16. The van der Waals surface area contributed by atoms with Gasteiger partial charge < -0.3 is 10.2 Å². The molecular weight excluding hydrogens is 284 g/mol. The van der Waals surface area contributed by atoms with Crippen LogP contribution in [-0.4, -0.2) is 42.6 Å². The quantitative estimate of drug-likeness (QED) is 0.887. The third-order valence-corrected chi connectivity index (χ3v) is 4.34. The molecule has 23 heavy (non-hydrogen) atoms. The predicted octanol–water partition coefficient (Wildman–Crippen LogP) is 3.23. The molecule has 4 nitrogen and oxygen atoms in total. The lowest BCUT2D eigenvalue weighted by atomic mass is 10.2. The summed E-state index contributed by atoms with van der Waals surface area (Å²) in [5.41, 5.74) is 3.53. The van der Waals surface area contributed by atoms with Crippen molar-refractivity contribution < 1.29 is 0 Å². The van der Waals surface area contributed by atoms with E-state index in [4.69, 9.17) is 0 Å². The van der Waals surface area contributed by atoms with Crippen molar-refractivity contribution in [2.24, 2.45) is 0 Å². The van der Waals surface area contributed by atoms with E-state index in [9.17, 15) is 0 Å². The molecule has 0 saturated carbocycles. The second-order valence-corrected chi connectivity index (χ2v) is 6.05. The van der Waals surface area contributed by atoms with Crippen molar-refractivity contribution in [2.45, 2.75) is 19.9 Å². The van der Waals surface area contributed by atoms with Gasteiger partial charge in [-0.1, -0.05) is 13.0 Å². The van der Waals surface area contributed by atoms with E-state index in [0.29, 0.717) is 0 Å². The lowest BCUT2D eigenvalue weighted by Gasteiger charge is -2.36. The summed E-state index contributed by atoms with van der Waals surface area (Å²) in [7, 11) is 0. The van der Waals surface area contributed by atoms with Crippen LogP contribution in [0.25, 0.3) is 0 Å². The van der Waals surface area contributed by atoms with Crippen LogP contribution < -0.4 is 10.2 Å². The summed E-state index contributed by atoms with van der Waals surface area (Å²) in [6.45, 7) is 8.84. The Kier molecular flexibility index (Phi) is 5.48. The number of benzene rings is 1. The zero-order chi connectivity index (χ0) is 15.9. The maximum atomic E-state index is 4.33. The lowest BCUT2D eigenvalue weighted by Crippen LogP contribution is -2.46. The van der Waals surface area contributed by atoms with Gasteiger partial charge in [0, 0.05) is 43.8 Å². The van der Waals surface area contributed by atoms with E-state index in [1.54, 1.807) is 0 Å². The topological polar surface area (TPSA) is 31.4 Å². The van der Waals surface area contributed by atoms with E-state index in [1.807, 2.05) is 24.4 Å². The van der Waals surface area contributed by atoms with Crippen LogP contribution in [0.3, 0.4) is 0 Å². The monoisotopic (exact) mass is 310 g/mol. The van der Waals surface area contributed by atoms with Gasteiger partial charge in [0.05, 0.1) is 12.2 Å². The average Bonchev–Trinajstić information content (AvgIpc) is 2.62. The Balaban J connectivity index is 1.51. The number of piperazine rings is 1. The third-order valence-electron chi connectivity index (χ3n) is 4.34. The Hall–Kier alpha value is -2.07. The molecule has 0 radical (unpaired) electrons. The number of aromatic nitrogens is 1. The van der Waals surface area contributed by atoms with Crippen molar-refractivity contribution >= 4 is 11.4 Å². The van der Waals surface area contributed by atoms with Crippen LogP contribution in [0.1, 0.15) is 19.0 Å². The smallest absolute Gasteiger partial charge is 0.0594 e. The molecule has 0 spiro atoms. The van der Waals surface area contributed by atoms with Crippen molar-refractivity contribution in [3.8, 4) is 0 Å². The zero-order valence-electron chi connectivity index (χ0n) is 13.9. The molecule has 1 aromatic heterocycles. The van der Waals surface area contributed by atoms with Gasteiger partial charge >= 0.3 is 0 Å². The Labute approximate surface area is 139 Å².